The summed E-state index contributed by atoms with van der Waals surface area (Å²) in [5.41, 5.74) is 0.882. The van der Waals surface area contributed by atoms with Crippen LogP contribution in [0.4, 0.5) is 4.79 Å². The maximum Gasteiger partial charge on any atom is 0.410 e. The van der Waals surface area contributed by atoms with E-state index >= 15 is 0 Å². The second-order valence-electron chi connectivity index (χ2n) is 7.98. The molecule has 0 aromatic heterocycles. The number of aryl methyl sites for hydroxylation is 1. The highest BCUT2D eigenvalue weighted by atomic mass is 16.6. The van der Waals surface area contributed by atoms with Crippen LogP contribution in [-0.2, 0) is 11.2 Å². The lowest BCUT2D eigenvalue weighted by Crippen LogP contribution is -2.50. The minimum absolute atomic E-state index is 0.166. The van der Waals surface area contributed by atoms with Crippen LogP contribution in [0.5, 0.6) is 5.75 Å². The zero-order valence-corrected chi connectivity index (χ0v) is 15.2. The molecule has 1 aromatic carbocycles. The Bertz CT molecular complexity index is 562. The number of ether oxygens (including phenoxy) is 2. The molecule has 3 atom stereocenters. The average Bonchev–Trinajstić information content (AvgIpc) is 2.78. The van der Waals surface area contributed by atoms with Crippen LogP contribution < -0.4 is 4.74 Å². The third-order valence-corrected chi connectivity index (χ3v) is 4.93. The van der Waals surface area contributed by atoms with Crippen molar-refractivity contribution in [1.29, 1.82) is 0 Å². The molecular weight excluding hydrogens is 302 g/mol. The van der Waals surface area contributed by atoms with Gasteiger partial charge in [-0.15, -0.1) is 0 Å². The van der Waals surface area contributed by atoms with E-state index in [4.69, 9.17) is 9.47 Å². The van der Waals surface area contributed by atoms with E-state index in [1.807, 2.05) is 25.7 Å². The Morgan fingerprint density at radius 3 is 2.21 bits per heavy atom. The molecule has 2 fully saturated rings. The highest BCUT2D eigenvalue weighted by Crippen LogP contribution is 2.38. The second kappa shape index (κ2) is 6.66. The molecule has 3 rings (SSSR count). The van der Waals surface area contributed by atoms with Gasteiger partial charge in [0.05, 0.1) is 0 Å². The molecule has 4 heteroatoms. The van der Waals surface area contributed by atoms with Gasteiger partial charge in [0.1, 0.15) is 17.5 Å². The number of amides is 1. The fourth-order valence-electron chi connectivity index (χ4n) is 3.83. The first kappa shape index (κ1) is 17.1. The van der Waals surface area contributed by atoms with Crippen LogP contribution in [0, 0.1) is 0 Å². The first-order valence-electron chi connectivity index (χ1n) is 9.12. The summed E-state index contributed by atoms with van der Waals surface area (Å²) >= 11 is 0. The number of hydrogen-bond donors (Lipinski definition) is 0. The van der Waals surface area contributed by atoms with Crippen LogP contribution >= 0.6 is 0 Å². The van der Waals surface area contributed by atoms with Crippen molar-refractivity contribution in [2.45, 2.75) is 83.6 Å². The molecular formula is C20H29NO3. The molecule has 2 aliphatic rings. The highest BCUT2D eigenvalue weighted by molar-refractivity contribution is 5.69. The van der Waals surface area contributed by atoms with Crippen LogP contribution in [-0.4, -0.2) is 34.8 Å². The molecule has 132 valence electrons. The molecule has 0 radical (unpaired) electrons. The van der Waals surface area contributed by atoms with Crippen LogP contribution in [0.25, 0.3) is 0 Å². The fourth-order valence-corrected chi connectivity index (χ4v) is 3.83. The highest BCUT2D eigenvalue weighted by Gasteiger charge is 2.45. The molecule has 1 amide bonds. The number of piperidine rings is 1. The first-order chi connectivity index (χ1) is 11.4. The van der Waals surface area contributed by atoms with Gasteiger partial charge in [-0.25, -0.2) is 4.79 Å². The SMILES string of the molecule is CCc1ccc(O[C@H]2C[C@H]3CC[C@@H](C2)N3C(=O)OC(C)(C)C)cc1. The van der Waals surface area contributed by atoms with Crippen molar-refractivity contribution in [3.8, 4) is 5.75 Å². The standard InChI is InChI=1S/C20H29NO3/c1-5-14-6-10-17(11-7-14)23-18-12-15-8-9-16(13-18)21(15)19(22)24-20(2,3)4/h6-7,10-11,15-16,18H,5,8-9,12-13H2,1-4H3/t15-,16+,18+. The Morgan fingerprint density at radius 1 is 1.12 bits per heavy atom. The maximum absolute atomic E-state index is 12.5. The maximum atomic E-state index is 12.5. The smallest absolute Gasteiger partial charge is 0.410 e. The van der Waals surface area contributed by atoms with Crippen molar-refractivity contribution < 1.29 is 14.3 Å². The van der Waals surface area contributed by atoms with Crippen molar-refractivity contribution in [2.75, 3.05) is 0 Å². The number of nitrogens with zero attached hydrogens (tertiary/aromatic N) is 1. The van der Waals surface area contributed by atoms with Gasteiger partial charge in [-0.2, -0.15) is 0 Å². The normalized spacial score (nSPS) is 26.3. The summed E-state index contributed by atoms with van der Waals surface area (Å²) in [4.78, 5) is 14.4. The van der Waals surface area contributed by atoms with Crippen LogP contribution in [0.1, 0.15) is 58.9 Å². The third kappa shape index (κ3) is 3.85. The van der Waals surface area contributed by atoms with E-state index in [0.717, 1.165) is 37.9 Å². The van der Waals surface area contributed by atoms with Crippen LogP contribution in [0.15, 0.2) is 24.3 Å². The number of hydrogen-bond acceptors (Lipinski definition) is 3. The van der Waals surface area contributed by atoms with Gasteiger partial charge < -0.3 is 14.4 Å². The topological polar surface area (TPSA) is 38.8 Å². The fraction of sp³-hybridized carbons (Fsp3) is 0.650. The summed E-state index contributed by atoms with van der Waals surface area (Å²) in [6.45, 7) is 7.91. The second-order valence-corrected chi connectivity index (χ2v) is 7.98. The minimum Gasteiger partial charge on any atom is -0.490 e. The number of carbonyl (C=O) groups excluding carboxylic acids is 1. The van der Waals surface area contributed by atoms with Gasteiger partial charge in [-0.05, 0) is 57.7 Å². The molecule has 2 bridgehead atoms. The predicted octanol–water partition coefficient (Wildman–Crippen LogP) is 4.56. The van der Waals surface area contributed by atoms with E-state index < -0.39 is 5.60 Å². The number of carbonyl (C=O) groups is 1. The number of rotatable bonds is 3. The molecule has 24 heavy (non-hydrogen) atoms. The van der Waals surface area contributed by atoms with E-state index in [1.165, 1.54) is 5.56 Å². The van der Waals surface area contributed by atoms with Gasteiger partial charge >= 0.3 is 6.09 Å². The van der Waals surface area contributed by atoms with Crippen molar-refractivity contribution in [3.63, 3.8) is 0 Å². The van der Waals surface area contributed by atoms with Gasteiger partial charge in [0.15, 0.2) is 0 Å². The summed E-state index contributed by atoms with van der Waals surface area (Å²) in [5.74, 6) is 0.933. The third-order valence-electron chi connectivity index (χ3n) is 4.93. The lowest BCUT2D eigenvalue weighted by Gasteiger charge is -2.39. The van der Waals surface area contributed by atoms with Gasteiger partial charge in [0.2, 0.25) is 0 Å². The van der Waals surface area contributed by atoms with E-state index in [0.29, 0.717) is 0 Å². The Morgan fingerprint density at radius 2 is 1.71 bits per heavy atom. The monoisotopic (exact) mass is 331 g/mol. The van der Waals surface area contributed by atoms with Gasteiger partial charge in [-0.1, -0.05) is 19.1 Å². The zero-order valence-electron chi connectivity index (χ0n) is 15.2. The van der Waals surface area contributed by atoms with E-state index in [-0.39, 0.29) is 24.3 Å². The van der Waals surface area contributed by atoms with Crippen molar-refractivity contribution in [3.05, 3.63) is 29.8 Å². The average molecular weight is 331 g/mol. The summed E-state index contributed by atoms with van der Waals surface area (Å²) in [5, 5.41) is 0. The largest absolute Gasteiger partial charge is 0.490 e. The Labute approximate surface area is 145 Å². The van der Waals surface area contributed by atoms with Crippen molar-refractivity contribution in [1.82, 2.24) is 4.90 Å². The molecule has 0 spiro atoms. The van der Waals surface area contributed by atoms with Gasteiger partial charge in [0.25, 0.3) is 0 Å². The summed E-state index contributed by atoms with van der Waals surface area (Å²) < 4.78 is 11.8. The summed E-state index contributed by atoms with van der Waals surface area (Å²) in [6, 6.07) is 8.86. The molecule has 0 aliphatic carbocycles. The van der Waals surface area contributed by atoms with Gasteiger partial charge in [0, 0.05) is 24.9 Å². The van der Waals surface area contributed by atoms with Gasteiger partial charge in [-0.3, -0.25) is 0 Å². The molecule has 1 aromatic rings. The van der Waals surface area contributed by atoms with E-state index in [2.05, 4.69) is 31.2 Å². The quantitative estimate of drug-likeness (QED) is 0.815. The lowest BCUT2D eigenvalue weighted by atomic mass is 10.00. The molecule has 0 unspecified atom stereocenters. The minimum atomic E-state index is -0.440. The molecule has 2 heterocycles. The lowest BCUT2D eigenvalue weighted by molar-refractivity contribution is -0.00707. The zero-order chi connectivity index (χ0) is 17.3. The Balaban J connectivity index is 1.61. The number of benzene rings is 1. The van der Waals surface area contributed by atoms with Crippen LogP contribution in [0.3, 0.4) is 0 Å². The first-order valence-corrected chi connectivity index (χ1v) is 9.12. The van der Waals surface area contributed by atoms with E-state index in [1.54, 1.807) is 0 Å². The molecule has 2 saturated heterocycles. The van der Waals surface area contributed by atoms with Crippen LogP contribution in [0.2, 0.25) is 0 Å². The Kier molecular flexibility index (Phi) is 4.75. The van der Waals surface area contributed by atoms with Crippen molar-refractivity contribution >= 4 is 6.09 Å². The number of fused-ring (bicyclic) bond motifs is 2. The molecule has 2 aliphatic heterocycles. The molecule has 0 N–H and O–H groups in total. The predicted molar refractivity (Wildman–Crippen MR) is 94.4 cm³/mol. The molecule has 4 nitrogen and oxygen atoms in total. The summed E-state index contributed by atoms with van der Waals surface area (Å²) in [6.07, 6.45) is 4.96. The van der Waals surface area contributed by atoms with E-state index in [9.17, 15) is 4.79 Å². The molecule has 0 saturated carbocycles. The Hall–Kier alpha value is -1.71. The summed E-state index contributed by atoms with van der Waals surface area (Å²) in [7, 11) is 0. The van der Waals surface area contributed by atoms with Crippen molar-refractivity contribution in [2.24, 2.45) is 0 Å².